The fraction of sp³-hybridized carbons (Fsp3) is 0.273. The predicted molar refractivity (Wildman–Crippen MR) is 55.4 cm³/mol. The minimum Gasteiger partial charge on any atom is -0.508 e. The molecule has 0 amide bonds. The highest BCUT2D eigenvalue weighted by atomic mass is 16.5. The highest BCUT2D eigenvalue weighted by Crippen LogP contribution is 2.17. The van der Waals surface area contributed by atoms with Crippen LogP contribution in [-0.4, -0.2) is 28.8 Å². The van der Waals surface area contributed by atoms with Crippen LogP contribution in [0, 0.1) is 0 Å². The second kappa shape index (κ2) is 5.16. The average molecular weight is 224 g/mol. The number of carboxylic acids is 1. The summed E-state index contributed by atoms with van der Waals surface area (Å²) in [5.74, 6) is -1.74. The van der Waals surface area contributed by atoms with Gasteiger partial charge in [-0.25, -0.2) is 4.79 Å². The molecule has 0 saturated heterocycles. The standard InChI is InChI=1S/C11H12O5/c1-2-16-10(13)6-7-5-8(12)3-4-9(7)11(14)15/h3-5,12H,2,6H2,1H3,(H,14,15). The van der Waals surface area contributed by atoms with Gasteiger partial charge >= 0.3 is 11.9 Å². The summed E-state index contributed by atoms with van der Waals surface area (Å²) in [5, 5.41) is 18.1. The van der Waals surface area contributed by atoms with Crippen LogP contribution in [0.4, 0.5) is 0 Å². The molecule has 1 aromatic rings. The van der Waals surface area contributed by atoms with E-state index in [-0.39, 0.29) is 29.9 Å². The molecule has 0 aromatic heterocycles. The van der Waals surface area contributed by atoms with Crippen molar-refractivity contribution in [2.75, 3.05) is 6.61 Å². The highest BCUT2D eigenvalue weighted by Gasteiger charge is 2.14. The normalized spacial score (nSPS) is 9.81. The van der Waals surface area contributed by atoms with E-state index in [1.165, 1.54) is 18.2 Å². The number of hydrogen-bond acceptors (Lipinski definition) is 4. The molecule has 0 atom stereocenters. The molecule has 5 nitrogen and oxygen atoms in total. The van der Waals surface area contributed by atoms with E-state index >= 15 is 0 Å². The molecule has 0 aliphatic rings. The van der Waals surface area contributed by atoms with Gasteiger partial charge in [0, 0.05) is 0 Å². The number of benzene rings is 1. The second-order valence-electron chi connectivity index (χ2n) is 3.13. The Morgan fingerprint density at radius 2 is 2.06 bits per heavy atom. The number of phenols is 1. The highest BCUT2D eigenvalue weighted by molar-refractivity contribution is 5.91. The largest absolute Gasteiger partial charge is 0.508 e. The first kappa shape index (κ1) is 12.0. The Hall–Kier alpha value is -2.04. The van der Waals surface area contributed by atoms with Crippen molar-refractivity contribution in [2.24, 2.45) is 0 Å². The molecule has 86 valence electrons. The number of carbonyl (C=O) groups excluding carboxylic acids is 1. The zero-order chi connectivity index (χ0) is 12.1. The van der Waals surface area contributed by atoms with Crippen molar-refractivity contribution in [3.8, 4) is 5.75 Å². The zero-order valence-electron chi connectivity index (χ0n) is 8.77. The Morgan fingerprint density at radius 1 is 1.38 bits per heavy atom. The van der Waals surface area contributed by atoms with Gasteiger partial charge in [0.1, 0.15) is 5.75 Å². The van der Waals surface area contributed by atoms with Crippen molar-refractivity contribution in [1.29, 1.82) is 0 Å². The number of carbonyl (C=O) groups is 2. The summed E-state index contributed by atoms with van der Waals surface area (Å²) in [4.78, 5) is 22.0. The van der Waals surface area contributed by atoms with Crippen LogP contribution in [0.5, 0.6) is 5.75 Å². The monoisotopic (exact) mass is 224 g/mol. The summed E-state index contributed by atoms with van der Waals surface area (Å²) in [6, 6.07) is 3.77. The summed E-state index contributed by atoms with van der Waals surface area (Å²) in [5.41, 5.74) is 0.233. The molecule has 0 fully saturated rings. The SMILES string of the molecule is CCOC(=O)Cc1cc(O)ccc1C(=O)O. The topological polar surface area (TPSA) is 83.8 Å². The predicted octanol–water partition coefficient (Wildman–Crippen LogP) is 1.20. The molecule has 0 aliphatic carbocycles. The molecule has 5 heteroatoms. The summed E-state index contributed by atoms with van der Waals surface area (Å²) in [7, 11) is 0. The van der Waals surface area contributed by atoms with Crippen molar-refractivity contribution in [3.05, 3.63) is 29.3 Å². The van der Waals surface area contributed by atoms with Gasteiger partial charge in [-0.15, -0.1) is 0 Å². The van der Waals surface area contributed by atoms with Gasteiger partial charge in [0.05, 0.1) is 18.6 Å². The van der Waals surface area contributed by atoms with E-state index in [4.69, 9.17) is 9.84 Å². The third kappa shape index (κ3) is 2.98. The molecule has 0 radical (unpaired) electrons. The third-order valence-electron chi connectivity index (χ3n) is 1.96. The summed E-state index contributed by atoms with van der Waals surface area (Å²) in [6.45, 7) is 1.90. The van der Waals surface area contributed by atoms with Crippen molar-refractivity contribution in [1.82, 2.24) is 0 Å². The Bertz CT molecular complexity index is 411. The van der Waals surface area contributed by atoms with E-state index in [9.17, 15) is 14.7 Å². The summed E-state index contributed by atoms with van der Waals surface area (Å²) < 4.78 is 4.71. The van der Waals surface area contributed by atoms with Crippen molar-refractivity contribution >= 4 is 11.9 Å². The smallest absolute Gasteiger partial charge is 0.335 e. The van der Waals surface area contributed by atoms with Gasteiger partial charge in [0.2, 0.25) is 0 Å². The van der Waals surface area contributed by atoms with Crippen molar-refractivity contribution < 1.29 is 24.5 Å². The van der Waals surface area contributed by atoms with Crippen LogP contribution < -0.4 is 0 Å². The van der Waals surface area contributed by atoms with Gasteiger partial charge in [-0.1, -0.05) is 0 Å². The first-order chi connectivity index (χ1) is 7.54. The minimum absolute atomic E-state index is 0.00847. The molecule has 1 aromatic carbocycles. The van der Waals surface area contributed by atoms with Gasteiger partial charge < -0.3 is 14.9 Å². The van der Waals surface area contributed by atoms with Gasteiger partial charge in [0.25, 0.3) is 0 Å². The Kier molecular flexibility index (Phi) is 3.88. The van der Waals surface area contributed by atoms with Crippen LogP contribution >= 0.6 is 0 Å². The van der Waals surface area contributed by atoms with E-state index in [2.05, 4.69) is 0 Å². The van der Waals surface area contributed by atoms with E-state index in [0.29, 0.717) is 0 Å². The molecule has 1 rings (SSSR count). The maximum atomic E-state index is 11.2. The van der Waals surface area contributed by atoms with E-state index in [0.717, 1.165) is 0 Å². The number of aromatic carboxylic acids is 1. The Balaban J connectivity index is 2.96. The van der Waals surface area contributed by atoms with Crippen LogP contribution in [0.1, 0.15) is 22.8 Å². The molecule has 0 spiro atoms. The molecular formula is C11H12O5. The lowest BCUT2D eigenvalue weighted by Crippen LogP contribution is -2.11. The van der Waals surface area contributed by atoms with Crippen molar-refractivity contribution in [2.45, 2.75) is 13.3 Å². The van der Waals surface area contributed by atoms with Gasteiger partial charge in [0.15, 0.2) is 0 Å². The van der Waals surface area contributed by atoms with E-state index in [1.54, 1.807) is 6.92 Å². The van der Waals surface area contributed by atoms with E-state index in [1.807, 2.05) is 0 Å². The molecule has 0 unspecified atom stereocenters. The van der Waals surface area contributed by atoms with Crippen LogP contribution in [-0.2, 0) is 16.0 Å². The molecular weight excluding hydrogens is 212 g/mol. The molecule has 2 N–H and O–H groups in total. The molecule has 0 bridgehead atoms. The summed E-state index contributed by atoms with van der Waals surface area (Å²) >= 11 is 0. The van der Waals surface area contributed by atoms with Gasteiger partial charge in [-0.3, -0.25) is 4.79 Å². The number of ether oxygens (including phenoxy) is 1. The fourth-order valence-electron chi connectivity index (χ4n) is 1.30. The maximum absolute atomic E-state index is 11.2. The third-order valence-corrected chi connectivity index (χ3v) is 1.96. The maximum Gasteiger partial charge on any atom is 0.335 e. The Labute approximate surface area is 92.3 Å². The number of hydrogen-bond donors (Lipinski definition) is 2. The quantitative estimate of drug-likeness (QED) is 0.750. The van der Waals surface area contributed by atoms with Crippen LogP contribution in [0.3, 0.4) is 0 Å². The van der Waals surface area contributed by atoms with E-state index < -0.39 is 11.9 Å². The average Bonchev–Trinajstić information content (AvgIpc) is 2.17. The lowest BCUT2D eigenvalue weighted by Gasteiger charge is -2.06. The lowest BCUT2D eigenvalue weighted by atomic mass is 10.0. The van der Waals surface area contributed by atoms with Crippen LogP contribution in [0.25, 0.3) is 0 Å². The molecule has 0 saturated carbocycles. The number of rotatable bonds is 4. The Morgan fingerprint density at radius 3 is 2.62 bits per heavy atom. The van der Waals surface area contributed by atoms with Gasteiger partial charge in [-0.05, 0) is 30.7 Å². The number of esters is 1. The van der Waals surface area contributed by atoms with Crippen LogP contribution in [0.2, 0.25) is 0 Å². The number of phenolic OH excluding ortho intramolecular Hbond substituents is 1. The van der Waals surface area contributed by atoms with Crippen molar-refractivity contribution in [3.63, 3.8) is 0 Å². The zero-order valence-corrected chi connectivity index (χ0v) is 8.77. The first-order valence-corrected chi connectivity index (χ1v) is 4.75. The number of carboxylic acid groups (broad SMARTS) is 1. The lowest BCUT2D eigenvalue weighted by molar-refractivity contribution is -0.142. The molecule has 0 heterocycles. The molecule has 16 heavy (non-hydrogen) atoms. The number of aromatic hydroxyl groups is 1. The molecule has 0 aliphatic heterocycles. The first-order valence-electron chi connectivity index (χ1n) is 4.75. The van der Waals surface area contributed by atoms with Crippen LogP contribution in [0.15, 0.2) is 18.2 Å². The fourth-order valence-corrected chi connectivity index (χ4v) is 1.30. The van der Waals surface area contributed by atoms with Gasteiger partial charge in [-0.2, -0.15) is 0 Å². The summed E-state index contributed by atoms with van der Waals surface area (Å²) in [6.07, 6.45) is -0.163. The second-order valence-corrected chi connectivity index (χ2v) is 3.13. The minimum atomic E-state index is -1.14.